The smallest absolute Gasteiger partial charge is 0.223 e. The number of carbonyl (C=O) groups is 1. The van der Waals surface area contributed by atoms with Gasteiger partial charge in [0.2, 0.25) is 5.91 Å². The van der Waals surface area contributed by atoms with Crippen molar-refractivity contribution in [2.24, 2.45) is 0 Å². The Morgan fingerprint density at radius 2 is 2.38 bits per heavy atom. The standard InChI is InChI=1S/C17H22FNO2/c1-3-10-21-11-4-5-17(20)19-9-8-14-12-15(18)6-7-16(14)13(19)2/h3,6-7,12-13H,1,4-5,8-11H2,2H3/t13-/m1/s1. The fourth-order valence-electron chi connectivity index (χ4n) is 2.78. The first-order valence-electron chi connectivity index (χ1n) is 7.40. The average molecular weight is 291 g/mol. The van der Waals surface area contributed by atoms with Gasteiger partial charge in [0.15, 0.2) is 0 Å². The number of amides is 1. The van der Waals surface area contributed by atoms with Gasteiger partial charge in [-0.1, -0.05) is 12.1 Å². The maximum Gasteiger partial charge on any atom is 0.223 e. The highest BCUT2D eigenvalue weighted by Gasteiger charge is 2.27. The first-order valence-corrected chi connectivity index (χ1v) is 7.40. The Bertz CT molecular complexity index is 516. The summed E-state index contributed by atoms with van der Waals surface area (Å²) in [6.07, 6.45) is 3.62. The summed E-state index contributed by atoms with van der Waals surface area (Å²) in [7, 11) is 0. The Hall–Kier alpha value is -1.68. The van der Waals surface area contributed by atoms with Crippen LogP contribution in [0.1, 0.15) is 36.9 Å². The van der Waals surface area contributed by atoms with Crippen LogP contribution in [0.25, 0.3) is 0 Å². The van der Waals surface area contributed by atoms with Crippen LogP contribution in [0.3, 0.4) is 0 Å². The molecule has 1 aromatic carbocycles. The van der Waals surface area contributed by atoms with Gasteiger partial charge in [-0.3, -0.25) is 4.79 Å². The zero-order valence-corrected chi connectivity index (χ0v) is 12.5. The van der Waals surface area contributed by atoms with E-state index in [1.54, 1.807) is 18.2 Å². The number of fused-ring (bicyclic) bond motifs is 1. The third-order valence-electron chi connectivity index (χ3n) is 3.88. The van der Waals surface area contributed by atoms with E-state index < -0.39 is 0 Å². The van der Waals surface area contributed by atoms with E-state index in [0.29, 0.717) is 32.6 Å². The molecule has 1 atom stereocenters. The molecule has 0 aliphatic carbocycles. The molecule has 1 aliphatic rings. The lowest BCUT2D eigenvalue weighted by Crippen LogP contribution is -2.38. The molecule has 0 radical (unpaired) electrons. The van der Waals surface area contributed by atoms with Gasteiger partial charge in [-0.2, -0.15) is 0 Å². The normalized spacial score (nSPS) is 17.4. The monoisotopic (exact) mass is 291 g/mol. The molecule has 0 aromatic heterocycles. The SMILES string of the molecule is C=CCOCCCC(=O)N1CCc2cc(F)ccc2[C@H]1C. The summed E-state index contributed by atoms with van der Waals surface area (Å²) in [6.45, 7) is 7.33. The van der Waals surface area contributed by atoms with E-state index in [1.807, 2.05) is 11.8 Å². The molecule has 4 heteroatoms. The Morgan fingerprint density at radius 3 is 3.14 bits per heavy atom. The number of nitrogens with zero attached hydrogens (tertiary/aromatic N) is 1. The summed E-state index contributed by atoms with van der Waals surface area (Å²) < 4.78 is 18.5. The van der Waals surface area contributed by atoms with Crippen molar-refractivity contribution in [1.82, 2.24) is 4.90 Å². The molecule has 0 N–H and O–H groups in total. The van der Waals surface area contributed by atoms with Crippen LogP contribution in [0.5, 0.6) is 0 Å². The van der Waals surface area contributed by atoms with Crippen molar-refractivity contribution in [2.75, 3.05) is 19.8 Å². The second-order valence-corrected chi connectivity index (χ2v) is 5.32. The summed E-state index contributed by atoms with van der Waals surface area (Å²) >= 11 is 0. The molecule has 0 saturated carbocycles. The number of benzene rings is 1. The zero-order chi connectivity index (χ0) is 15.2. The van der Waals surface area contributed by atoms with Crippen molar-refractivity contribution in [1.29, 1.82) is 0 Å². The summed E-state index contributed by atoms with van der Waals surface area (Å²) in [5, 5.41) is 0. The Labute approximate surface area is 125 Å². The predicted molar refractivity (Wildman–Crippen MR) is 80.5 cm³/mol. The van der Waals surface area contributed by atoms with E-state index in [1.165, 1.54) is 6.07 Å². The van der Waals surface area contributed by atoms with E-state index in [0.717, 1.165) is 17.5 Å². The van der Waals surface area contributed by atoms with Crippen LogP contribution in [0, 0.1) is 5.82 Å². The van der Waals surface area contributed by atoms with Crippen molar-refractivity contribution < 1.29 is 13.9 Å². The van der Waals surface area contributed by atoms with Crippen LogP contribution in [0.4, 0.5) is 4.39 Å². The molecule has 2 rings (SSSR count). The Kier molecular flexibility index (Phi) is 5.51. The van der Waals surface area contributed by atoms with E-state index >= 15 is 0 Å². The molecule has 0 bridgehead atoms. The van der Waals surface area contributed by atoms with Crippen LogP contribution >= 0.6 is 0 Å². The van der Waals surface area contributed by atoms with Gasteiger partial charge in [-0.15, -0.1) is 6.58 Å². The summed E-state index contributed by atoms with van der Waals surface area (Å²) in [5.74, 6) is -0.0697. The molecule has 114 valence electrons. The predicted octanol–water partition coefficient (Wildman–Crippen LogP) is 3.25. The van der Waals surface area contributed by atoms with Crippen molar-refractivity contribution in [3.8, 4) is 0 Å². The van der Waals surface area contributed by atoms with Crippen LogP contribution in [0.15, 0.2) is 30.9 Å². The topological polar surface area (TPSA) is 29.5 Å². The first-order chi connectivity index (χ1) is 10.1. The summed E-state index contributed by atoms with van der Waals surface area (Å²) in [5.41, 5.74) is 2.07. The fraction of sp³-hybridized carbons (Fsp3) is 0.471. The van der Waals surface area contributed by atoms with E-state index in [9.17, 15) is 9.18 Å². The molecule has 21 heavy (non-hydrogen) atoms. The molecule has 0 fully saturated rings. The molecule has 1 aromatic rings. The number of hydrogen-bond donors (Lipinski definition) is 0. The van der Waals surface area contributed by atoms with Gasteiger partial charge < -0.3 is 9.64 Å². The van der Waals surface area contributed by atoms with Crippen LogP contribution in [-0.2, 0) is 16.0 Å². The molecule has 0 unspecified atom stereocenters. The second kappa shape index (κ2) is 7.36. The van der Waals surface area contributed by atoms with E-state index in [-0.39, 0.29) is 17.8 Å². The molecular weight excluding hydrogens is 269 g/mol. The van der Waals surface area contributed by atoms with Crippen molar-refractivity contribution >= 4 is 5.91 Å². The molecule has 0 saturated heterocycles. The molecular formula is C17H22FNO2. The number of rotatable bonds is 6. The summed E-state index contributed by atoms with van der Waals surface area (Å²) in [4.78, 5) is 14.2. The van der Waals surface area contributed by atoms with Gasteiger partial charge in [0.25, 0.3) is 0 Å². The Balaban J connectivity index is 1.91. The van der Waals surface area contributed by atoms with Crippen LogP contribution in [0.2, 0.25) is 0 Å². The van der Waals surface area contributed by atoms with Gasteiger partial charge in [-0.05, 0) is 43.0 Å². The lowest BCUT2D eigenvalue weighted by atomic mass is 9.93. The number of halogens is 1. The quantitative estimate of drug-likeness (QED) is 0.595. The van der Waals surface area contributed by atoms with E-state index in [2.05, 4.69) is 6.58 Å². The first kappa shape index (κ1) is 15.7. The Morgan fingerprint density at radius 1 is 1.57 bits per heavy atom. The fourth-order valence-corrected chi connectivity index (χ4v) is 2.78. The highest BCUT2D eigenvalue weighted by atomic mass is 19.1. The average Bonchev–Trinajstić information content (AvgIpc) is 2.47. The van der Waals surface area contributed by atoms with Gasteiger partial charge >= 0.3 is 0 Å². The van der Waals surface area contributed by atoms with Gasteiger partial charge in [0.1, 0.15) is 5.82 Å². The lowest BCUT2D eigenvalue weighted by molar-refractivity contribution is -0.134. The minimum absolute atomic E-state index is 0.0101. The molecule has 1 heterocycles. The van der Waals surface area contributed by atoms with Gasteiger partial charge in [-0.25, -0.2) is 4.39 Å². The second-order valence-electron chi connectivity index (χ2n) is 5.32. The number of hydrogen-bond acceptors (Lipinski definition) is 2. The van der Waals surface area contributed by atoms with Crippen molar-refractivity contribution in [3.63, 3.8) is 0 Å². The van der Waals surface area contributed by atoms with Crippen molar-refractivity contribution in [2.45, 2.75) is 32.2 Å². The molecule has 3 nitrogen and oxygen atoms in total. The zero-order valence-electron chi connectivity index (χ0n) is 12.5. The van der Waals surface area contributed by atoms with Crippen molar-refractivity contribution in [3.05, 3.63) is 47.8 Å². The minimum atomic E-state index is -0.208. The van der Waals surface area contributed by atoms with Crippen LogP contribution in [-0.4, -0.2) is 30.6 Å². The summed E-state index contributed by atoms with van der Waals surface area (Å²) in [6, 6.07) is 4.85. The third-order valence-corrected chi connectivity index (χ3v) is 3.88. The maximum absolute atomic E-state index is 13.2. The molecule has 1 amide bonds. The van der Waals surface area contributed by atoms with Gasteiger partial charge in [0.05, 0.1) is 12.6 Å². The van der Waals surface area contributed by atoms with E-state index in [4.69, 9.17) is 4.74 Å². The van der Waals surface area contributed by atoms with Gasteiger partial charge in [0, 0.05) is 19.6 Å². The minimum Gasteiger partial charge on any atom is -0.377 e. The largest absolute Gasteiger partial charge is 0.377 e. The molecule has 1 aliphatic heterocycles. The maximum atomic E-state index is 13.2. The third kappa shape index (κ3) is 3.91. The lowest BCUT2D eigenvalue weighted by Gasteiger charge is -2.35. The van der Waals surface area contributed by atoms with Crippen LogP contribution < -0.4 is 0 Å². The highest BCUT2D eigenvalue weighted by molar-refractivity contribution is 5.77. The highest BCUT2D eigenvalue weighted by Crippen LogP contribution is 2.30. The number of ether oxygens (including phenoxy) is 1. The number of carbonyl (C=O) groups excluding carboxylic acids is 1. The molecule has 0 spiro atoms.